The number of nitrogens with zero attached hydrogens (tertiary/aromatic N) is 1. The van der Waals surface area contributed by atoms with Gasteiger partial charge in [0.25, 0.3) is 0 Å². The van der Waals surface area contributed by atoms with Gasteiger partial charge in [0.15, 0.2) is 0 Å². The van der Waals surface area contributed by atoms with Gasteiger partial charge in [-0.05, 0) is 13.3 Å². The Morgan fingerprint density at radius 2 is 2.20 bits per heavy atom. The predicted octanol–water partition coefficient (Wildman–Crippen LogP) is 0.641. The third kappa shape index (κ3) is 2.69. The summed E-state index contributed by atoms with van der Waals surface area (Å²) in [6, 6.07) is -0.221. The van der Waals surface area contributed by atoms with Crippen molar-refractivity contribution in [2.45, 2.75) is 39.3 Å². The molecule has 2 unspecified atom stereocenters. The van der Waals surface area contributed by atoms with Crippen molar-refractivity contribution in [3.63, 3.8) is 0 Å². The van der Waals surface area contributed by atoms with Crippen molar-refractivity contribution < 1.29 is 14.6 Å². The Hall–Kier alpha value is -0.610. The van der Waals surface area contributed by atoms with E-state index < -0.39 is 0 Å². The number of carbonyl (C=O) groups excluding carboxylic acids is 1. The van der Waals surface area contributed by atoms with Gasteiger partial charge in [-0.1, -0.05) is 13.8 Å². The summed E-state index contributed by atoms with van der Waals surface area (Å²) in [7, 11) is 1.41. The molecule has 0 aromatic carbocycles. The first kappa shape index (κ1) is 12.5. The summed E-state index contributed by atoms with van der Waals surface area (Å²) in [4.78, 5) is 13.4. The Morgan fingerprint density at radius 1 is 1.60 bits per heavy atom. The lowest BCUT2D eigenvalue weighted by molar-refractivity contribution is -0.149. The maximum atomic E-state index is 11.4. The summed E-state index contributed by atoms with van der Waals surface area (Å²) in [5.74, 6) is -0.206. The van der Waals surface area contributed by atoms with Crippen molar-refractivity contribution in [3.8, 4) is 0 Å². The Labute approximate surface area is 91.2 Å². The van der Waals surface area contributed by atoms with Gasteiger partial charge < -0.3 is 9.84 Å². The van der Waals surface area contributed by atoms with Gasteiger partial charge in [-0.3, -0.25) is 9.69 Å². The molecule has 1 N–H and O–H groups in total. The van der Waals surface area contributed by atoms with Gasteiger partial charge in [0, 0.05) is 18.5 Å². The van der Waals surface area contributed by atoms with Crippen molar-refractivity contribution in [2.75, 3.05) is 20.2 Å². The Kier molecular flexibility index (Phi) is 3.73. The first-order valence-corrected chi connectivity index (χ1v) is 5.38. The van der Waals surface area contributed by atoms with E-state index in [1.807, 2.05) is 20.8 Å². The fourth-order valence-electron chi connectivity index (χ4n) is 2.04. The molecule has 0 bridgehead atoms. The average molecular weight is 215 g/mol. The van der Waals surface area contributed by atoms with Crippen LogP contribution < -0.4 is 0 Å². The fraction of sp³-hybridized carbons (Fsp3) is 0.909. The molecule has 0 aliphatic carbocycles. The zero-order valence-corrected chi connectivity index (χ0v) is 9.99. The molecule has 0 saturated carbocycles. The van der Waals surface area contributed by atoms with E-state index in [9.17, 15) is 9.90 Å². The number of aliphatic hydroxyl groups is 1. The highest BCUT2D eigenvalue weighted by Crippen LogP contribution is 2.30. The van der Waals surface area contributed by atoms with Gasteiger partial charge in [-0.25, -0.2) is 0 Å². The third-order valence-corrected chi connectivity index (χ3v) is 3.29. The van der Waals surface area contributed by atoms with E-state index in [1.54, 1.807) is 0 Å². The predicted molar refractivity (Wildman–Crippen MR) is 57.5 cm³/mol. The molecule has 2 atom stereocenters. The lowest BCUT2D eigenvalue weighted by Gasteiger charge is -2.43. The van der Waals surface area contributed by atoms with Crippen LogP contribution in [-0.4, -0.2) is 48.3 Å². The van der Waals surface area contributed by atoms with Gasteiger partial charge in [-0.2, -0.15) is 0 Å². The van der Waals surface area contributed by atoms with Crippen LogP contribution in [-0.2, 0) is 9.53 Å². The average Bonchev–Trinajstić information content (AvgIpc) is 2.19. The van der Waals surface area contributed by atoms with E-state index >= 15 is 0 Å². The Bertz CT molecular complexity index is 240. The molecule has 1 rings (SSSR count). The minimum absolute atomic E-state index is 0.152. The second kappa shape index (κ2) is 4.49. The highest BCUT2D eigenvalue weighted by Gasteiger charge is 2.37. The molecule has 1 aliphatic rings. The van der Waals surface area contributed by atoms with Crippen LogP contribution in [0.1, 0.15) is 27.2 Å². The summed E-state index contributed by atoms with van der Waals surface area (Å²) < 4.78 is 4.72. The standard InChI is InChI=1S/C11H21NO3/c1-8(10(14)15-4)12-6-5-9(13)11(2,3)7-12/h8-9,13H,5-7H2,1-4H3. The minimum atomic E-state index is -0.279. The first-order chi connectivity index (χ1) is 6.88. The lowest BCUT2D eigenvalue weighted by Crippen LogP contribution is -2.53. The van der Waals surface area contributed by atoms with Crippen molar-refractivity contribution in [2.24, 2.45) is 5.41 Å². The molecule has 15 heavy (non-hydrogen) atoms. The molecule has 1 heterocycles. The van der Waals surface area contributed by atoms with Crippen molar-refractivity contribution in [1.29, 1.82) is 0 Å². The number of aliphatic hydroxyl groups excluding tert-OH is 1. The molecule has 0 aromatic heterocycles. The van der Waals surface area contributed by atoms with Crippen LogP contribution in [0, 0.1) is 5.41 Å². The molecule has 1 saturated heterocycles. The molecule has 4 nitrogen and oxygen atoms in total. The van der Waals surface area contributed by atoms with Crippen LogP contribution >= 0.6 is 0 Å². The molecule has 0 amide bonds. The maximum Gasteiger partial charge on any atom is 0.322 e. The van der Waals surface area contributed by atoms with Crippen molar-refractivity contribution >= 4 is 5.97 Å². The van der Waals surface area contributed by atoms with E-state index in [0.29, 0.717) is 6.42 Å². The van der Waals surface area contributed by atoms with E-state index in [4.69, 9.17) is 4.74 Å². The molecular formula is C11H21NO3. The van der Waals surface area contributed by atoms with E-state index in [-0.39, 0.29) is 23.5 Å². The molecule has 88 valence electrons. The molecule has 0 radical (unpaired) electrons. The van der Waals surface area contributed by atoms with E-state index in [0.717, 1.165) is 13.1 Å². The third-order valence-electron chi connectivity index (χ3n) is 3.29. The zero-order chi connectivity index (χ0) is 11.6. The number of esters is 1. The Morgan fingerprint density at radius 3 is 2.67 bits per heavy atom. The number of carbonyl (C=O) groups is 1. The first-order valence-electron chi connectivity index (χ1n) is 5.38. The van der Waals surface area contributed by atoms with Crippen molar-refractivity contribution in [1.82, 2.24) is 4.90 Å². The maximum absolute atomic E-state index is 11.4. The Balaban J connectivity index is 2.63. The van der Waals surface area contributed by atoms with Gasteiger partial charge in [0.05, 0.1) is 13.2 Å². The molecule has 4 heteroatoms. The van der Waals surface area contributed by atoms with Gasteiger partial charge >= 0.3 is 5.97 Å². The summed E-state index contributed by atoms with van der Waals surface area (Å²) in [5, 5.41) is 9.79. The fourth-order valence-corrected chi connectivity index (χ4v) is 2.04. The number of piperidine rings is 1. The van der Waals surface area contributed by atoms with Crippen LogP contribution in [0.4, 0.5) is 0 Å². The molecule has 0 spiro atoms. The van der Waals surface area contributed by atoms with E-state index in [2.05, 4.69) is 4.90 Å². The van der Waals surface area contributed by atoms with Crippen LogP contribution in [0.2, 0.25) is 0 Å². The quantitative estimate of drug-likeness (QED) is 0.687. The second-order valence-corrected chi connectivity index (χ2v) is 4.96. The smallest absolute Gasteiger partial charge is 0.322 e. The topological polar surface area (TPSA) is 49.8 Å². The van der Waals surface area contributed by atoms with Gasteiger partial charge in [0.2, 0.25) is 0 Å². The molecule has 1 fully saturated rings. The lowest BCUT2D eigenvalue weighted by atomic mass is 9.81. The number of rotatable bonds is 2. The second-order valence-electron chi connectivity index (χ2n) is 4.96. The summed E-state index contributed by atoms with van der Waals surface area (Å²) in [6.07, 6.45) is 0.438. The van der Waals surface area contributed by atoms with Crippen LogP contribution in [0.5, 0.6) is 0 Å². The number of methoxy groups -OCH3 is 1. The SMILES string of the molecule is COC(=O)C(C)N1CCC(O)C(C)(C)C1. The van der Waals surface area contributed by atoms with Crippen LogP contribution in [0.3, 0.4) is 0 Å². The molecular weight excluding hydrogens is 194 g/mol. The highest BCUT2D eigenvalue weighted by molar-refractivity contribution is 5.75. The number of ether oxygens (including phenoxy) is 1. The molecule has 0 aromatic rings. The van der Waals surface area contributed by atoms with Gasteiger partial charge in [-0.15, -0.1) is 0 Å². The zero-order valence-electron chi connectivity index (χ0n) is 9.99. The highest BCUT2D eigenvalue weighted by atomic mass is 16.5. The van der Waals surface area contributed by atoms with Crippen molar-refractivity contribution in [3.05, 3.63) is 0 Å². The largest absolute Gasteiger partial charge is 0.468 e. The normalized spacial score (nSPS) is 28.5. The minimum Gasteiger partial charge on any atom is -0.468 e. The summed E-state index contributed by atoms with van der Waals surface area (Å²) >= 11 is 0. The van der Waals surface area contributed by atoms with E-state index in [1.165, 1.54) is 7.11 Å². The summed E-state index contributed by atoms with van der Waals surface area (Å²) in [6.45, 7) is 7.37. The number of hydrogen-bond acceptors (Lipinski definition) is 4. The number of hydrogen-bond donors (Lipinski definition) is 1. The monoisotopic (exact) mass is 215 g/mol. The van der Waals surface area contributed by atoms with Gasteiger partial charge in [0.1, 0.15) is 6.04 Å². The van der Waals surface area contributed by atoms with Crippen LogP contribution in [0.25, 0.3) is 0 Å². The molecule has 1 aliphatic heterocycles. The number of likely N-dealkylation sites (tertiary alicyclic amines) is 1. The van der Waals surface area contributed by atoms with Crippen LogP contribution in [0.15, 0.2) is 0 Å². The summed E-state index contributed by atoms with van der Waals surface area (Å²) in [5.41, 5.74) is -0.152.